The molecule has 7 heteroatoms. The molecule has 1 aliphatic carbocycles. The quantitative estimate of drug-likeness (QED) is 0.849. The summed E-state index contributed by atoms with van der Waals surface area (Å²) in [5.41, 5.74) is 0.540. The first-order valence-electron chi connectivity index (χ1n) is 6.75. The molecule has 0 unspecified atom stereocenters. The first kappa shape index (κ1) is 14.2. The van der Waals surface area contributed by atoms with Crippen molar-refractivity contribution in [1.82, 2.24) is 10.1 Å². The highest BCUT2D eigenvalue weighted by Gasteiger charge is 2.31. The summed E-state index contributed by atoms with van der Waals surface area (Å²) in [6.45, 7) is 1.57. The molecular formula is C14H15FN2O3S. The number of nitrogens with zero attached hydrogens (tertiary/aromatic N) is 2. The molecule has 1 aromatic heterocycles. The van der Waals surface area contributed by atoms with E-state index in [9.17, 15) is 12.8 Å². The smallest absolute Gasteiger partial charge is 0.241 e. The lowest BCUT2D eigenvalue weighted by molar-refractivity contribution is 0.382. The van der Waals surface area contributed by atoms with E-state index in [1.54, 1.807) is 6.92 Å². The summed E-state index contributed by atoms with van der Waals surface area (Å²) in [7, 11) is -3.49. The van der Waals surface area contributed by atoms with Crippen molar-refractivity contribution in [2.75, 3.05) is 0 Å². The van der Waals surface area contributed by atoms with E-state index in [0.29, 0.717) is 17.3 Å². The van der Waals surface area contributed by atoms with Crippen molar-refractivity contribution in [2.45, 2.75) is 36.7 Å². The van der Waals surface area contributed by atoms with Crippen LogP contribution in [0, 0.1) is 5.82 Å². The Labute approximate surface area is 122 Å². The van der Waals surface area contributed by atoms with E-state index in [4.69, 9.17) is 4.52 Å². The molecule has 1 fully saturated rings. The van der Waals surface area contributed by atoms with Gasteiger partial charge in [0.1, 0.15) is 11.6 Å². The minimum Gasteiger partial charge on any atom is -0.338 e. The van der Waals surface area contributed by atoms with Crippen LogP contribution in [0.25, 0.3) is 0 Å². The third-order valence-electron chi connectivity index (χ3n) is 3.63. The number of rotatable bonds is 5. The van der Waals surface area contributed by atoms with Crippen LogP contribution in [0.3, 0.4) is 0 Å². The summed E-state index contributed by atoms with van der Waals surface area (Å²) >= 11 is 0. The molecule has 1 heterocycles. The van der Waals surface area contributed by atoms with Gasteiger partial charge in [-0.15, -0.1) is 0 Å². The minimum absolute atomic E-state index is 0.117. The summed E-state index contributed by atoms with van der Waals surface area (Å²) in [4.78, 5) is 4.13. The van der Waals surface area contributed by atoms with Crippen LogP contribution >= 0.6 is 0 Å². The molecule has 112 valence electrons. The Balaban J connectivity index is 1.76. The Morgan fingerprint density at radius 3 is 2.62 bits per heavy atom. The van der Waals surface area contributed by atoms with E-state index in [0.717, 1.165) is 12.8 Å². The van der Waals surface area contributed by atoms with Crippen molar-refractivity contribution >= 4 is 9.84 Å². The van der Waals surface area contributed by atoms with Crippen molar-refractivity contribution < 1.29 is 17.3 Å². The summed E-state index contributed by atoms with van der Waals surface area (Å²) in [5.74, 6) is 0.334. The number of aromatic nitrogens is 2. The molecule has 0 bridgehead atoms. The van der Waals surface area contributed by atoms with Gasteiger partial charge in [-0.25, -0.2) is 12.8 Å². The van der Waals surface area contributed by atoms with Crippen LogP contribution in [0.4, 0.5) is 4.39 Å². The molecule has 0 amide bonds. The number of hydrogen-bond acceptors (Lipinski definition) is 5. The van der Waals surface area contributed by atoms with Gasteiger partial charge in [0.2, 0.25) is 5.89 Å². The standard InChI is InChI=1S/C14H15FN2O3S/c1-9(10-4-6-12(15)7-5-10)21(18,19)8-13-16-14(17-20-13)11-2-3-11/h4-7,9,11H,2-3,8H2,1H3/t9-/m1/s1. The normalized spacial score (nSPS) is 16.9. The number of hydrogen-bond donors (Lipinski definition) is 0. The first-order chi connectivity index (χ1) is 9.95. The van der Waals surface area contributed by atoms with Gasteiger partial charge in [0.05, 0.1) is 5.25 Å². The molecule has 1 atom stereocenters. The van der Waals surface area contributed by atoms with Crippen molar-refractivity contribution in [3.63, 3.8) is 0 Å². The van der Waals surface area contributed by atoms with Crippen LogP contribution in [0.15, 0.2) is 28.8 Å². The molecular weight excluding hydrogens is 295 g/mol. The Kier molecular flexibility index (Phi) is 3.52. The maximum absolute atomic E-state index is 12.9. The fourth-order valence-electron chi connectivity index (χ4n) is 2.07. The molecule has 1 aromatic carbocycles. The van der Waals surface area contributed by atoms with Gasteiger partial charge < -0.3 is 4.52 Å². The lowest BCUT2D eigenvalue weighted by Crippen LogP contribution is -2.13. The van der Waals surface area contributed by atoms with Gasteiger partial charge in [-0.05, 0) is 37.5 Å². The highest BCUT2D eigenvalue weighted by Crippen LogP contribution is 2.38. The van der Waals surface area contributed by atoms with Gasteiger partial charge in [0, 0.05) is 5.92 Å². The largest absolute Gasteiger partial charge is 0.338 e. The maximum atomic E-state index is 12.9. The highest BCUT2D eigenvalue weighted by atomic mass is 32.2. The summed E-state index contributed by atoms with van der Waals surface area (Å²) in [6.07, 6.45) is 2.05. The zero-order valence-corrected chi connectivity index (χ0v) is 12.3. The van der Waals surface area contributed by atoms with Gasteiger partial charge in [0.15, 0.2) is 15.7 Å². The Morgan fingerprint density at radius 2 is 2.00 bits per heavy atom. The second-order valence-corrected chi connectivity index (χ2v) is 7.64. The van der Waals surface area contributed by atoms with Gasteiger partial charge in [0.25, 0.3) is 0 Å². The molecule has 1 saturated carbocycles. The van der Waals surface area contributed by atoms with E-state index in [1.165, 1.54) is 24.3 Å². The molecule has 21 heavy (non-hydrogen) atoms. The van der Waals surface area contributed by atoms with Crippen LogP contribution in [-0.4, -0.2) is 18.6 Å². The Bertz CT molecular complexity index is 736. The fraction of sp³-hybridized carbons (Fsp3) is 0.429. The molecule has 3 rings (SSSR count). The first-order valence-corrected chi connectivity index (χ1v) is 8.47. The molecule has 0 spiro atoms. The lowest BCUT2D eigenvalue weighted by atomic mass is 10.2. The van der Waals surface area contributed by atoms with Gasteiger partial charge in [-0.2, -0.15) is 4.98 Å². The van der Waals surface area contributed by atoms with Crippen molar-refractivity contribution in [3.8, 4) is 0 Å². The Hall–Kier alpha value is -1.76. The van der Waals surface area contributed by atoms with E-state index >= 15 is 0 Å². The van der Waals surface area contributed by atoms with E-state index in [1.807, 2.05) is 0 Å². The average Bonchev–Trinajstić information content (AvgIpc) is 3.20. The summed E-state index contributed by atoms with van der Waals surface area (Å²) in [6, 6.07) is 5.44. The van der Waals surface area contributed by atoms with Gasteiger partial charge in [-0.1, -0.05) is 17.3 Å². The van der Waals surface area contributed by atoms with Crippen LogP contribution in [0.5, 0.6) is 0 Å². The van der Waals surface area contributed by atoms with Crippen LogP contribution in [0.1, 0.15) is 48.2 Å². The fourth-order valence-corrected chi connectivity index (χ4v) is 3.36. The molecule has 0 radical (unpaired) electrons. The molecule has 0 aliphatic heterocycles. The maximum Gasteiger partial charge on any atom is 0.241 e. The second-order valence-electron chi connectivity index (χ2n) is 5.32. The van der Waals surface area contributed by atoms with Crippen molar-refractivity contribution in [2.24, 2.45) is 0 Å². The predicted molar refractivity (Wildman–Crippen MR) is 73.7 cm³/mol. The third-order valence-corrected chi connectivity index (χ3v) is 5.63. The number of benzene rings is 1. The van der Waals surface area contributed by atoms with E-state index in [-0.39, 0.29) is 11.6 Å². The van der Waals surface area contributed by atoms with Crippen LogP contribution in [-0.2, 0) is 15.6 Å². The number of halogens is 1. The molecule has 2 aromatic rings. The summed E-state index contributed by atoms with van der Waals surface area (Å²) < 4.78 is 42.6. The van der Waals surface area contributed by atoms with Crippen LogP contribution < -0.4 is 0 Å². The van der Waals surface area contributed by atoms with Crippen molar-refractivity contribution in [1.29, 1.82) is 0 Å². The predicted octanol–water partition coefficient (Wildman–Crippen LogP) is 2.76. The average molecular weight is 310 g/mol. The minimum atomic E-state index is -3.49. The van der Waals surface area contributed by atoms with Gasteiger partial charge in [-0.3, -0.25) is 0 Å². The van der Waals surface area contributed by atoms with Crippen LogP contribution in [0.2, 0.25) is 0 Å². The van der Waals surface area contributed by atoms with E-state index < -0.39 is 20.9 Å². The highest BCUT2D eigenvalue weighted by molar-refractivity contribution is 7.90. The SMILES string of the molecule is C[C@H](c1ccc(F)cc1)S(=O)(=O)Cc1nc(C2CC2)no1. The molecule has 5 nitrogen and oxygen atoms in total. The second kappa shape index (κ2) is 5.22. The lowest BCUT2D eigenvalue weighted by Gasteiger charge is -2.11. The van der Waals surface area contributed by atoms with Crippen molar-refractivity contribution in [3.05, 3.63) is 47.4 Å². The van der Waals surface area contributed by atoms with E-state index in [2.05, 4.69) is 10.1 Å². The monoisotopic (exact) mass is 310 g/mol. The topological polar surface area (TPSA) is 73.1 Å². The van der Waals surface area contributed by atoms with Gasteiger partial charge >= 0.3 is 0 Å². The Morgan fingerprint density at radius 1 is 1.33 bits per heavy atom. The molecule has 0 saturated heterocycles. The zero-order chi connectivity index (χ0) is 15.0. The molecule has 1 aliphatic rings. The number of sulfone groups is 1. The molecule has 0 N–H and O–H groups in total. The zero-order valence-electron chi connectivity index (χ0n) is 11.5. The third kappa shape index (κ3) is 3.12. The summed E-state index contributed by atoms with van der Waals surface area (Å²) in [5, 5.41) is 3.05.